The summed E-state index contributed by atoms with van der Waals surface area (Å²) in [5, 5.41) is 0.595. The van der Waals surface area contributed by atoms with E-state index < -0.39 is 0 Å². The van der Waals surface area contributed by atoms with Crippen LogP contribution in [0.25, 0.3) is 0 Å². The molecule has 0 fully saturated rings. The van der Waals surface area contributed by atoms with Gasteiger partial charge in [-0.05, 0) is 6.07 Å². The maximum absolute atomic E-state index is 5.62. The molecule has 0 aliphatic carbocycles. The number of aromatic nitrogens is 2. The first-order valence-corrected chi connectivity index (χ1v) is 5.59. The van der Waals surface area contributed by atoms with Gasteiger partial charge < -0.3 is 14.9 Å². The van der Waals surface area contributed by atoms with E-state index in [1.54, 1.807) is 25.7 Å². The first-order chi connectivity index (χ1) is 7.78. The Morgan fingerprint density at radius 3 is 3.06 bits per heavy atom. The molecule has 5 nitrogen and oxygen atoms in total. The summed E-state index contributed by atoms with van der Waals surface area (Å²) in [4.78, 5) is 8.27. The van der Waals surface area contributed by atoms with Gasteiger partial charge in [0.05, 0.1) is 19.6 Å². The molecule has 0 aliphatic rings. The molecule has 0 aromatic carbocycles. The number of hydrogen-bond acceptors (Lipinski definition) is 6. The first-order valence-electron chi connectivity index (χ1n) is 4.60. The lowest BCUT2D eigenvalue weighted by atomic mass is 10.4. The highest BCUT2D eigenvalue weighted by atomic mass is 32.2. The zero-order chi connectivity index (χ0) is 11.4. The zero-order valence-corrected chi connectivity index (χ0v) is 9.53. The summed E-state index contributed by atoms with van der Waals surface area (Å²) in [6.07, 6.45) is 3.33. The van der Waals surface area contributed by atoms with Crippen molar-refractivity contribution in [2.24, 2.45) is 0 Å². The van der Waals surface area contributed by atoms with E-state index in [2.05, 4.69) is 9.97 Å². The van der Waals surface area contributed by atoms with Crippen LogP contribution in [-0.2, 0) is 5.75 Å². The number of nitrogens with zero attached hydrogens (tertiary/aromatic N) is 2. The molecule has 0 saturated heterocycles. The minimum Gasteiger partial charge on any atom is -0.481 e. The minimum absolute atomic E-state index is 0.404. The number of nitrogen functional groups attached to an aromatic ring is 1. The van der Waals surface area contributed by atoms with Crippen LogP contribution in [0.4, 0.5) is 5.82 Å². The number of nitrogens with two attached hydrogens (primary N) is 1. The maximum Gasteiger partial charge on any atom is 0.219 e. The molecule has 2 N–H and O–H groups in total. The molecular formula is C10H11N3O2S. The molecule has 0 radical (unpaired) electrons. The van der Waals surface area contributed by atoms with E-state index in [1.165, 1.54) is 11.8 Å². The van der Waals surface area contributed by atoms with Crippen LogP contribution >= 0.6 is 11.8 Å². The molecule has 16 heavy (non-hydrogen) atoms. The van der Waals surface area contributed by atoms with Gasteiger partial charge in [0.1, 0.15) is 5.82 Å². The van der Waals surface area contributed by atoms with Crippen LogP contribution in [0.1, 0.15) is 5.56 Å². The lowest BCUT2D eigenvalue weighted by Gasteiger charge is -2.03. The quantitative estimate of drug-likeness (QED) is 0.647. The fourth-order valence-electron chi connectivity index (χ4n) is 1.11. The summed E-state index contributed by atoms with van der Waals surface area (Å²) >= 11 is 1.48. The van der Waals surface area contributed by atoms with Crippen LogP contribution < -0.4 is 10.5 Å². The Balaban J connectivity index is 2.06. The van der Waals surface area contributed by atoms with Crippen LogP contribution in [-0.4, -0.2) is 17.1 Å². The first kappa shape index (κ1) is 10.8. The Hall–Kier alpha value is -1.69. The van der Waals surface area contributed by atoms with Crippen LogP contribution in [0.5, 0.6) is 5.88 Å². The van der Waals surface area contributed by atoms with Crippen molar-refractivity contribution in [3.8, 4) is 5.88 Å². The highest BCUT2D eigenvalue weighted by Crippen LogP contribution is 2.22. The fraction of sp³-hybridized carbons (Fsp3) is 0.200. The molecule has 0 unspecified atom stereocenters. The Morgan fingerprint density at radius 1 is 1.50 bits per heavy atom. The summed E-state index contributed by atoms with van der Waals surface area (Å²) in [5.41, 5.74) is 6.70. The third-order valence-corrected chi connectivity index (χ3v) is 2.78. The van der Waals surface area contributed by atoms with Gasteiger partial charge in [-0.25, -0.2) is 4.98 Å². The third-order valence-electron chi connectivity index (χ3n) is 1.86. The second-order valence-corrected chi connectivity index (χ2v) is 3.98. The monoisotopic (exact) mass is 237 g/mol. The summed E-state index contributed by atoms with van der Waals surface area (Å²) in [5.74, 6) is 1.62. The summed E-state index contributed by atoms with van der Waals surface area (Å²) in [7, 11) is 1.55. The molecule has 84 valence electrons. The predicted molar refractivity (Wildman–Crippen MR) is 61.3 cm³/mol. The van der Waals surface area contributed by atoms with E-state index in [0.717, 1.165) is 11.3 Å². The van der Waals surface area contributed by atoms with Crippen molar-refractivity contribution in [3.63, 3.8) is 0 Å². The van der Waals surface area contributed by atoms with Gasteiger partial charge >= 0.3 is 0 Å². The van der Waals surface area contributed by atoms with Crippen molar-refractivity contribution in [2.75, 3.05) is 12.8 Å². The standard InChI is InChI=1S/C10H11N3O2S/c1-14-9-4-8(11)12-10(13-9)16-6-7-2-3-15-5-7/h2-5H,6H2,1H3,(H2,11,12,13). The number of rotatable bonds is 4. The summed E-state index contributed by atoms with van der Waals surface area (Å²) in [6.45, 7) is 0. The largest absolute Gasteiger partial charge is 0.481 e. The van der Waals surface area contributed by atoms with Crippen molar-refractivity contribution in [1.82, 2.24) is 9.97 Å². The van der Waals surface area contributed by atoms with E-state index >= 15 is 0 Å². The van der Waals surface area contributed by atoms with Gasteiger partial charge in [-0.1, -0.05) is 11.8 Å². The third kappa shape index (κ3) is 2.66. The van der Waals surface area contributed by atoms with E-state index in [9.17, 15) is 0 Å². The Labute approximate surface area is 97.0 Å². The molecule has 0 bridgehead atoms. The molecule has 0 spiro atoms. The molecule has 2 aromatic heterocycles. The highest BCUT2D eigenvalue weighted by Gasteiger charge is 2.04. The van der Waals surface area contributed by atoms with Crippen molar-refractivity contribution < 1.29 is 9.15 Å². The fourth-order valence-corrected chi connectivity index (χ4v) is 1.90. The average Bonchev–Trinajstić information content (AvgIpc) is 2.78. The molecule has 0 atom stereocenters. The number of methoxy groups -OCH3 is 1. The van der Waals surface area contributed by atoms with Crippen molar-refractivity contribution in [3.05, 3.63) is 30.2 Å². The Kier molecular flexibility index (Phi) is 3.31. The highest BCUT2D eigenvalue weighted by molar-refractivity contribution is 7.98. The second-order valence-electron chi connectivity index (χ2n) is 3.04. The molecular weight excluding hydrogens is 226 g/mol. The lowest BCUT2D eigenvalue weighted by Crippen LogP contribution is -1.97. The summed E-state index contributed by atoms with van der Waals surface area (Å²) in [6, 6.07) is 3.48. The van der Waals surface area contributed by atoms with Gasteiger partial charge in [0.15, 0.2) is 5.16 Å². The van der Waals surface area contributed by atoms with Gasteiger partial charge in [-0.2, -0.15) is 4.98 Å². The van der Waals surface area contributed by atoms with Crippen molar-refractivity contribution >= 4 is 17.6 Å². The number of furan rings is 1. The van der Waals surface area contributed by atoms with Crippen LogP contribution in [0.3, 0.4) is 0 Å². The molecule has 2 heterocycles. The van der Waals surface area contributed by atoms with Crippen LogP contribution in [0.15, 0.2) is 34.2 Å². The number of anilines is 1. The SMILES string of the molecule is COc1cc(N)nc(SCc2ccoc2)n1. The molecule has 2 aromatic rings. The van der Waals surface area contributed by atoms with Crippen molar-refractivity contribution in [1.29, 1.82) is 0 Å². The maximum atomic E-state index is 5.62. The van der Waals surface area contributed by atoms with E-state index in [0.29, 0.717) is 16.9 Å². The van der Waals surface area contributed by atoms with Gasteiger partial charge in [0.25, 0.3) is 0 Å². The Bertz CT molecular complexity index is 459. The van der Waals surface area contributed by atoms with Gasteiger partial charge in [0.2, 0.25) is 5.88 Å². The van der Waals surface area contributed by atoms with Gasteiger partial charge in [0, 0.05) is 17.4 Å². The molecule has 0 amide bonds. The van der Waals surface area contributed by atoms with Gasteiger partial charge in [-0.3, -0.25) is 0 Å². The van der Waals surface area contributed by atoms with Crippen molar-refractivity contribution in [2.45, 2.75) is 10.9 Å². The molecule has 2 rings (SSSR count). The topological polar surface area (TPSA) is 74.2 Å². The summed E-state index contributed by atoms with van der Waals surface area (Å²) < 4.78 is 9.98. The lowest BCUT2D eigenvalue weighted by molar-refractivity contribution is 0.393. The van der Waals surface area contributed by atoms with Crippen LogP contribution in [0.2, 0.25) is 0 Å². The average molecular weight is 237 g/mol. The second kappa shape index (κ2) is 4.89. The number of ether oxygens (including phenoxy) is 1. The number of thioether (sulfide) groups is 1. The van der Waals surface area contributed by atoms with E-state index in [-0.39, 0.29) is 0 Å². The number of hydrogen-bond donors (Lipinski definition) is 1. The van der Waals surface area contributed by atoms with E-state index in [4.69, 9.17) is 14.9 Å². The predicted octanol–water partition coefficient (Wildman–Crippen LogP) is 1.95. The van der Waals surface area contributed by atoms with Crippen LogP contribution in [0, 0.1) is 0 Å². The Morgan fingerprint density at radius 2 is 2.38 bits per heavy atom. The van der Waals surface area contributed by atoms with E-state index in [1.807, 2.05) is 6.07 Å². The van der Waals surface area contributed by atoms with Gasteiger partial charge in [-0.15, -0.1) is 0 Å². The minimum atomic E-state index is 0.404. The molecule has 0 saturated carbocycles. The molecule has 6 heteroatoms. The smallest absolute Gasteiger partial charge is 0.219 e. The zero-order valence-electron chi connectivity index (χ0n) is 8.71. The molecule has 0 aliphatic heterocycles. The normalized spacial score (nSPS) is 10.3.